The molecule has 0 aromatic carbocycles. The van der Waals surface area contributed by atoms with Crippen LogP contribution in [0, 0.1) is 0 Å². The zero-order valence-electron chi connectivity index (χ0n) is 7.68. The molecule has 1 aliphatic heterocycles. The van der Waals surface area contributed by atoms with Crippen molar-refractivity contribution in [2.45, 2.75) is 13.5 Å². The summed E-state index contributed by atoms with van der Waals surface area (Å²) in [6, 6.07) is 3.89. The number of nitrogens with zero attached hydrogens (tertiary/aromatic N) is 2. The van der Waals surface area contributed by atoms with Gasteiger partial charge in [-0.05, 0) is 19.1 Å². The summed E-state index contributed by atoms with van der Waals surface area (Å²) in [7, 11) is 0. The van der Waals surface area contributed by atoms with E-state index in [1.807, 2.05) is 24.4 Å². The first kappa shape index (κ1) is 8.26. The molecule has 13 heavy (non-hydrogen) atoms. The van der Waals surface area contributed by atoms with Gasteiger partial charge in [-0.25, -0.2) is 0 Å². The van der Waals surface area contributed by atoms with Gasteiger partial charge in [-0.1, -0.05) is 5.10 Å². The zero-order chi connectivity index (χ0) is 9.15. The van der Waals surface area contributed by atoms with Crippen LogP contribution in [-0.2, 0) is 6.54 Å². The molecular weight excluding hydrogens is 164 g/mol. The van der Waals surface area contributed by atoms with E-state index in [1.165, 1.54) is 0 Å². The molecule has 0 saturated carbocycles. The zero-order valence-corrected chi connectivity index (χ0v) is 7.68. The quantitative estimate of drug-likeness (QED) is 0.649. The van der Waals surface area contributed by atoms with Crippen LogP contribution >= 0.6 is 0 Å². The molecule has 0 saturated heterocycles. The Morgan fingerprint density at radius 3 is 3.00 bits per heavy atom. The van der Waals surface area contributed by atoms with E-state index in [4.69, 9.17) is 4.42 Å². The maximum atomic E-state index is 5.30. The molecule has 3 heteroatoms. The van der Waals surface area contributed by atoms with Crippen LogP contribution in [0.25, 0.3) is 0 Å². The summed E-state index contributed by atoms with van der Waals surface area (Å²) >= 11 is 0. The first-order valence-electron chi connectivity index (χ1n) is 4.47. The highest BCUT2D eigenvalue weighted by atomic mass is 16.3. The third kappa shape index (κ3) is 1.55. The Balaban J connectivity index is 2.16. The molecule has 1 unspecified atom stereocenters. The SMILES string of the molecule is CC[N+]1(Cc2ccco2)C=CC=N1. The first-order chi connectivity index (χ1) is 6.35. The van der Waals surface area contributed by atoms with Crippen LogP contribution in [0.15, 0.2) is 40.2 Å². The van der Waals surface area contributed by atoms with Crippen LogP contribution in [0.2, 0.25) is 0 Å². The van der Waals surface area contributed by atoms with E-state index >= 15 is 0 Å². The molecule has 0 radical (unpaired) electrons. The lowest BCUT2D eigenvalue weighted by molar-refractivity contribution is -0.896. The Morgan fingerprint density at radius 2 is 2.46 bits per heavy atom. The molecule has 1 aromatic rings. The van der Waals surface area contributed by atoms with Crippen molar-refractivity contribution in [1.29, 1.82) is 0 Å². The Bertz CT molecular complexity index is 313. The molecule has 68 valence electrons. The van der Waals surface area contributed by atoms with E-state index in [2.05, 4.69) is 18.2 Å². The highest BCUT2D eigenvalue weighted by Gasteiger charge is 2.26. The van der Waals surface area contributed by atoms with Gasteiger partial charge in [-0.15, -0.1) is 0 Å². The van der Waals surface area contributed by atoms with E-state index in [0.29, 0.717) is 4.59 Å². The summed E-state index contributed by atoms with van der Waals surface area (Å²) in [5, 5.41) is 4.40. The highest BCUT2D eigenvalue weighted by Crippen LogP contribution is 2.19. The lowest BCUT2D eigenvalue weighted by atomic mass is 10.4. The molecule has 2 heterocycles. The summed E-state index contributed by atoms with van der Waals surface area (Å²) in [4.78, 5) is 0. The second-order valence-corrected chi connectivity index (χ2v) is 3.15. The molecule has 1 aliphatic rings. The number of quaternary nitrogens is 1. The predicted octanol–water partition coefficient (Wildman–Crippen LogP) is 2.13. The van der Waals surface area contributed by atoms with Crippen molar-refractivity contribution in [2.75, 3.05) is 6.54 Å². The molecule has 0 spiro atoms. The molecule has 0 bridgehead atoms. The number of rotatable bonds is 3. The fourth-order valence-electron chi connectivity index (χ4n) is 1.47. The maximum absolute atomic E-state index is 5.30. The van der Waals surface area contributed by atoms with Gasteiger partial charge in [0.25, 0.3) is 0 Å². The third-order valence-electron chi connectivity index (χ3n) is 2.30. The average molecular weight is 177 g/mol. The third-order valence-corrected chi connectivity index (χ3v) is 2.30. The molecule has 3 nitrogen and oxygen atoms in total. The Kier molecular flexibility index (Phi) is 2.02. The van der Waals surface area contributed by atoms with E-state index < -0.39 is 0 Å². The summed E-state index contributed by atoms with van der Waals surface area (Å²) in [6.45, 7) is 3.88. The number of hydrogen-bond acceptors (Lipinski definition) is 2. The molecule has 1 atom stereocenters. The monoisotopic (exact) mass is 177 g/mol. The highest BCUT2D eigenvalue weighted by molar-refractivity contribution is 5.71. The summed E-state index contributed by atoms with van der Waals surface area (Å²) < 4.78 is 5.92. The lowest BCUT2D eigenvalue weighted by Gasteiger charge is -2.22. The minimum Gasteiger partial charge on any atom is -0.463 e. The van der Waals surface area contributed by atoms with Crippen molar-refractivity contribution >= 4 is 6.21 Å². The van der Waals surface area contributed by atoms with Crippen molar-refractivity contribution < 1.29 is 9.01 Å². The molecule has 1 aromatic heterocycles. The van der Waals surface area contributed by atoms with Crippen molar-refractivity contribution in [3.8, 4) is 0 Å². The van der Waals surface area contributed by atoms with Crippen molar-refractivity contribution in [3.05, 3.63) is 36.4 Å². The van der Waals surface area contributed by atoms with Crippen molar-refractivity contribution in [1.82, 2.24) is 0 Å². The summed E-state index contributed by atoms with van der Waals surface area (Å²) in [6.07, 6.45) is 7.60. The van der Waals surface area contributed by atoms with Gasteiger partial charge in [0.1, 0.15) is 12.7 Å². The summed E-state index contributed by atoms with van der Waals surface area (Å²) in [5.41, 5.74) is 0. The van der Waals surface area contributed by atoms with Gasteiger partial charge in [0, 0.05) is 6.08 Å². The number of furan rings is 1. The standard InChI is InChI=1S/C10H13N2O/c1-2-12(7-4-6-11-12)9-10-5-3-8-13-10/h3-8H,2,9H2,1H3/q+1. The number of allylic oxidation sites excluding steroid dienone is 1. The van der Waals surface area contributed by atoms with Crippen LogP contribution in [0.3, 0.4) is 0 Å². The second-order valence-electron chi connectivity index (χ2n) is 3.15. The predicted molar refractivity (Wildman–Crippen MR) is 50.8 cm³/mol. The largest absolute Gasteiger partial charge is 0.463 e. The van der Waals surface area contributed by atoms with E-state index in [9.17, 15) is 0 Å². The van der Waals surface area contributed by atoms with Crippen LogP contribution in [0.4, 0.5) is 0 Å². The first-order valence-corrected chi connectivity index (χ1v) is 4.47. The van der Waals surface area contributed by atoms with Gasteiger partial charge in [0.2, 0.25) is 0 Å². The van der Waals surface area contributed by atoms with Gasteiger partial charge >= 0.3 is 0 Å². The topological polar surface area (TPSA) is 25.5 Å². The van der Waals surface area contributed by atoms with Crippen molar-refractivity contribution in [3.63, 3.8) is 0 Å². The van der Waals surface area contributed by atoms with Gasteiger partial charge in [0.15, 0.2) is 12.3 Å². The fourth-order valence-corrected chi connectivity index (χ4v) is 1.47. The van der Waals surface area contributed by atoms with E-state index in [1.54, 1.807) is 6.26 Å². The lowest BCUT2D eigenvalue weighted by Crippen LogP contribution is -2.34. The smallest absolute Gasteiger partial charge is 0.166 e. The van der Waals surface area contributed by atoms with Crippen LogP contribution in [0.5, 0.6) is 0 Å². The van der Waals surface area contributed by atoms with Crippen molar-refractivity contribution in [2.24, 2.45) is 5.10 Å². The Hall–Kier alpha value is -1.35. The molecule has 0 amide bonds. The van der Waals surface area contributed by atoms with Gasteiger partial charge < -0.3 is 4.42 Å². The molecule has 2 rings (SSSR count). The maximum Gasteiger partial charge on any atom is 0.166 e. The molecule has 0 N–H and O–H groups in total. The Labute approximate surface area is 77.6 Å². The van der Waals surface area contributed by atoms with Crippen LogP contribution < -0.4 is 0 Å². The molecular formula is C10H13N2O+. The van der Waals surface area contributed by atoms with Gasteiger partial charge in [0.05, 0.1) is 12.5 Å². The minimum absolute atomic E-state index is 0.619. The number of hydrogen-bond donors (Lipinski definition) is 0. The molecule has 0 fully saturated rings. The van der Waals surface area contributed by atoms with E-state index in [-0.39, 0.29) is 0 Å². The van der Waals surface area contributed by atoms with Crippen LogP contribution in [0.1, 0.15) is 12.7 Å². The Morgan fingerprint density at radius 1 is 1.54 bits per heavy atom. The second kappa shape index (κ2) is 3.18. The molecule has 0 aliphatic carbocycles. The summed E-state index contributed by atoms with van der Waals surface area (Å²) in [5.74, 6) is 0.977. The van der Waals surface area contributed by atoms with Crippen LogP contribution in [-0.4, -0.2) is 17.4 Å². The minimum atomic E-state index is 0.619. The van der Waals surface area contributed by atoms with Gasteiger partial charge in [-0.3, -0.25) is 0 Å². The van der Waals surface area contributed by atoms with E-state index in [0.717, 1.165) is 18.8 Å². The average Bonchev–Trinajstić information content (AvgIpc) is 2.77. The van der Waals surface area contributed by atoms with Gasteiger partial charge in [-0.2, -0.15) is 4.59 Å². The normalized spacial score (nSPS) is 25.6. The fraction of sp³-hybridized carbons (Fsp3) is 0.300.